The smallest absolute Gasteiger partial charge is 0.259 e. The molecule has 0 N–H and O–H groups in total. The van der Waals surface area contributed by atoms with Gasteiger partial charge in [-0.05, 0) is 36.6 Å². The van der Waals surface area contributed by atoms with Crippen molar-refractivity contribution in [1.82, 2.24) is 14.5 Å². The summed E-state index contributed by atoms with van der Waals surface area (Å²) >= 11 is 0. The number of hydrogen-bond donors (Lipinski definition) is 0. The number of methoxy groups -OCH3 is 2. The number of ether oxygens (including phenoxy) is 2. The molecule has 0 unspecified atom stereocenters. The molecule has 0 aliphatic carbocycles. The zero-order chi connectivity index (χ0) is 16.9. The predicted octanol–water partition coefficient (Wildman–Crippen LogP) is 2.20. The molecule has 24 heavy (non-hydrogen) atoms. The molecule has 1 aliphatic heterocycles. The van der Waals surface area contributed by atoms with Crippen molar-refractivity contribution < 1.29 is 14.3 Å². The molecule has 1 atom stereocenters. The van der Waals surface area contributed by atoms with Crippen molar-refractivity contribution in [1.29, 1.82) is 0 Å². The number of nitrogens with zero attached hydrogens (tertiary/aromatic N) is 3. The molecular weight excluding hydrogens is 306 g/mol. The van der Waals surface area contributed by atoms with Crippen LogP contribution >= 0.6 is 0 Å². The van der Waals surface area contributed by atoms with Gasteiger partial charge in [0.05, 0.1) is 13.7 Å². The minimum absolute atomic E-state index is 0.0444. The fourth-order valence-corrected chi connectivity index (χ4v) is 3.19. The zero-order valence-electron chi connectivity index (χ0n) is 14.1. The maximum atomic E-state index is 13.0. The van der Waals surface area contributed by atoms with E-state index < -0.39 is 0 Å². The van der Waals surface area contributed by atoms with Gasteiger partial charge in [-0.15, -0.1) is 0 Å². The molecule has 3 heterocycles. The molecular formula is C18H23N3O3. The number of fused-ring (bicyclic) bond motifs is 1. The molecule has 1 aliphatic rings. The normalized spacial score (nSPS) is 17.2. The minimum Gasteiger partial charge on any atom is -0.480 e. The topological polar surface area (TPSA) is 56.6 Å². The van der Waals surface area contributed by atoms with Crippen LogP contribution in [0.15, 0.2) is 36.7 Å². The maximum Gasteiger partial charge on any atom is 0.259 e. The molecule has 0 bridgehead atoms. The Hall–Kier alpha value is -2.34. The third-order valence-corrected chi connectivity index (χ3v) is 4.42. The van der Waals surface area contributed by atoms with Gasteiger partial charge < -0.3 is 18.9 Å². The molecule has 1 amide bonds. The van der Waals surface area contributed by atoms with Gasteiger partial charge in [0.25, 0.3) is 5.91 Å². The largest absolute Gasteiger partial charge is 0.480 e. The van der Waals surface area contributed by atoms with E-state index in [2.05, 4.69) is 21.8 Å². The molecule has 0 saturated heterocycles. The van der Waals surface area contributed by atoms with E-state index in [0.717, 1.165) is 18.7 Å². The molecule has 6 heteroatoms. The Morgan fingerprint density at radius 2 is 2.17 bits per heavy atom. The average molecular weight is 329 g/mol. The van der Waals surface area contributed by atoms with Crippen LogP contribution in [0.4, 0.5) is 0 Å². The van der Waals surface area contributed by atoms with E-state index in [1.165, 1.54) is 7.11 Å². The summed E-state index contributed by atoms with van der Waals surface area (Å²) in [5.41, 5.74) is 1.65. The van der Waals surface area contributed by atoms with Gasteiger partial charge in [0.2, 0.25) is 5.88 Å². The first-order valence-electron chi connectivity index (χ1n) is 8.14. The van der Waals surface area contributed by atoms with Gasteiger partial charge in [0.1, 0.15) is 5.56 Å². The van der Waals surface area contributed by atoms with Crippen molar-refractivity contribution in [2.75, 3.05) is 27.4 Å². The molecule has 2 aromatic rings. The number of carbonyl (C=O) groups is 1. The lowest BCUT2D eigenvalue weighted by atomic mass is 10.1. The molecule has 0 aromatic carbocycles. The monoisotopic (exact) mass is 329 g/mol. The first kappa shape index (κ1) is 16.5. The quantitative estimate of drug-likeness (QED) is 0.844. The van der Waals surface area contributed by atoms with Gasteiger partial charge in [-0.1, -0.05) is 0 Å². The summed E-state index contributed by atoms with van der Waals surface area (Å²) in [5, 5.41) is 0. The van der Waals surface area contributed by atoms with Crippen LogP contribution < -0.4 is 4.74 Å². The van der Waals surface area contributed by atoms with Crippen LogP contribution in [0, 0.1) is 5.92 Å². The van der Waals surface area contributed by atoms with Crippen molar-refractivity contribution >= 4 is 5.91 Å². The van der Waals surface area contributed by atoms with Crippen molar-refractivity contribution in [3.8, 4) is 5.88 Å². The Balaban J connectivity index is 1.86. The third kappa shape index (κ3) is 3.43. The highest BCUT2D eigenvalue weighted by atomic mass is 16.5. The summed E-state index contributed by atoms with van der Waals surface area (Å²) in [5.74, 6) is 0.679. The lowest BCUT2D eigenvalue weighted by Crippen LogP contribution is -2.34. The first-order chi connectivity index (χ1) is 11.7. The van der Waals surface area contributed by atoms with E-state index in [9.17, 15) is 4.79 Å². The highest BCUT2D eigenvalue weighted by molar-refractivity contribution is 5.96. The molecule has 0 saturated carbocycles. The Morgan fingerprint density at radius 1 is 1.29 bits per heavy atom. The van der Waals surface area contributed by atoms with Crippen LogP contribution in [0.5, 0.6) is 5.88 Å². The molecule has 0 fully saturated rings. The zero-order valence-corrected chi connectivity index (χ0v) is 14.1. The molecule has 128 valence electrons. The number of hydrogen-bond acceptors (Lipinski definition) is 4. The summed E-state index contributed by atoms with van der Waals surface area (Å²) in [6, 6.07) is 7.63. The fraction of sp³-hybridized carbons (Fsp3) is 0.444. The van der Waals surface area contributed by atoms with Gasteiger partial charge in [-0.25, -0.2) is 4.98 Å². The second kappa shape index (κ2) is 7.49. The van der Waals surface area contributed by atoms with Gasteiger partial charge in [-0.3, -0.25) is 4.79 Å². The standard InChI is InChI=1S/C18H23N3O3/c1-23-10-7-14-11-20-9-4-5-15(20)13-21(12-14)18(22)16-6-3-8-19-17(16)24-2/h3-6,8-9,14H,7,10-13H2,1-2H3/t14-/m1/s1. The van der Waals surface area contributed by atoms with Crippen LogP contribution in [0.25, 0.3) is 0 Å². The van der Waals surface area contributed by atoms with Crippen LogP contribution in [0.2, 0.25) is 0 Å². The summed E-state index contributed by atoms with van der Waals surface area (Å²) in [4.78, 5) is 19.1. The lowest BCUT2D eigenvalue weighted by molar-refractivity contribution is 0.0701. The Bertz CT molecular complexity index is 698. The summed E-state index contributed by atoms with van der Waals surface area (Å²) in [6.45, 7) is 2.88. The van der Waals surface area contributed by atoms with Crippen molar-refractivity contribution in [2.24, 2.45) is 5.92 Å². The third-order valence-electron chi connectivity index (χ3n) is 4.42. The Morgan fingerprint density at radius 3 is 2.96 bits per heavy atom. The van der Waals surface area contributed by atoms with Crippen molar-refractivity contribution in [3.05, 3.63) is 47.9 Å². The molecule has 0 spiro atoms. The Kier molecular flexibility index (Phi) is 5.15. The van der Waals surface area contributed by atoms with Crippen LogP contribution in [-0.4, -0.2) is 47.7 Å². The molecule has 6 nitrogen and oxygen atoms in total. The van der Waals surface area contributed by atoms with Gasteiger partial charge in [0.15, 0.2) is 0 Å². The fourth-order valence-electron chi connectivity index (χ4n) is 3.19. The lowest BCUT2D eigenvalue weighted by Gasteiger charge is -2.24. The van der Waals surface area contributed by atoms with E-state index >= 15 is 0 Å². The van der Waals surface area contributed by atoms with E-state index in [-0.39, 0.29) is 5.91 Å². The average Bonchev–Trinajstić information content (AvgIpc) is 2.97. The SMILES string of the molecule is COCC[C@H]1CN(C(=O)c2cccnc2OC)Cc2cccn2C1. The number of amides is 1. The summed E-state index contributed by atoms with van der Waals surface area (Å²) < 4.78 is 12.7. The second-order valence-corrected chi connectivity index (χ2v) is 6.05. The van der Waals surface area contributed by atoms with Gasteiger partial charge in [-0.2, -0.15) is 0 Å². The number of aromatic nitrogens is 2. The van der Waals surface area contributed by atoms with Crippen LogP contribution in [0.1, 0.15) is 22.5 Å². The van der Waals surface area contributed by atoms with Crippen molar-refractivity contribution in [3.63, 3.8) is 0 Å². The maximum absolute atomic E-state index is 13.0. The van der Waals surface area contributed by atoms with Gasteiger partial charge in [0, 0.05) is 44.9 Å². The van der Waals surface area contributed by atoms with E-state index in [1.807, 2.05) is 11.0 Å². The first-order valence-corrected chi connectivity index (χ1v) is 8.14. The van der Waals surface area contributed by atoms with E-state index in [0.29, 0.717) is 37.1 Å². The minimum atomic E-state index is -0.0444. The predicted molar refractivity (Wildman–Crippen MR) is 89.9 cm³/mol. The van der Waals surface area contributed by atoms with Crippen molar-refractivity contribution in [2.45, 2.75) is 19.5 Å². The molecule has 2 aromatic heterocycles. The van der Waals surface area contributed by atoms with Gasteiger partial charge >= 0.3 is 0 Å². The highest BCUT2D eigenvalue weighted by Crippen LogP contribution is 2.23. The van der Waals surface area contributed by atoms with E-state index in [1.54, 1.807) is 25.4 Å². The van der Waals surface area contributed by atoms with Crippen LogP contribution in [-0.2, 0) is 17.8 Å². The molecule has 0 radical (unpaired) electrons. The highest BCUT2D eigenvalue weighted by Gasteiger charge is 2.27. The summed E-state index contributed by atoms with van der Waals surface area (Å²) in [7, 11) is 3.25. The summed E-state index contributed by atoms with van der Waals surface area (Å²) in [6.07, 6.45) is 4.63. The number of carbonyl (C=O) groups excluding carboxylic acids is 1. The second-order valence-electron chi connectivity index (χ2n) is 6.05. The van der Waals surface area contributed by atoms with E-state index in [4.69, 9.17) is 9.47 Å². The number of pyridine rings is 1. The number of rotatable bonds is 5. The molecule has 3 rings (SSSR count). The van der Waals surface area contributed by atoms with Crippen LogP contribution in [0.3, 0.4) is 0 Å². The Labute approximate surface area is 142 Å².